The minimum absolute atomic E-state index is 0.0282. The number of amides is 2. The molecule has 4 aliphatic rings. The molecule has 3 aliphatic carbocycles. The van der Waals surface area contributed by atoms with Gasteiger partial charge in [-0.3, -0.25) is 9.69 Å². The Labute approximate surface area is 352 Å². The number of nitrogens with one attached hydrogen (secondary N) is 1. The van der Waals surface area contributed by atoms with Gasteiger partial charge in [0.1, 0.15) is 16.9 Å². The molecule has 2 amide bonds. The standard InChI is InChI=1S/C45H64ClN3O7SSi/c1-11-25-49(41(51)55-42(3,4)5)45(23-14-24-45)40(50)47-57(52,53)34-18-21-39-37(27-34)48(28-32-16-19-35(32)38(12-2)56-58(9,10)43(6,7)8)29-44(30-54-39)22-13-15-31-26-33(46)17-20-36(31)44/h11-12,17-18,20-21,26-27,32,35,38H,1-2,13-16,19,22-25,28-30H2,3-10H3,(H,47,50)/t32-,35+,38-,44-/m0/s1. The van der Waals surface area contributed by atoms with Crippen molar-refractivity contribution in [2.75, 3.05) is 31.1 Å². The summed E-state index contributed by atoms with van der Waals surface area (Å²) in [7, 11) is -6.49. The van der Waals surface area contributed by atoms with Crippen molar-refractivity contribution in [3.63, 3.8) is 0 Å². The molecule has 13 heteroatoms. The predicted octanol–water partition coefficient (Wildman–Crippen LogP) is 9.57. The van der Waals surface area contributed by atoms with Crippen LogP contribution in [0.4, 0.5) is 10.5 Å². The third kappa shape index (κ3) is 8.77. The van der Waals surface area contributed by atoms with Gasteiger partial charge in [0.05, 0.1) is 23.3 Å². The molecular weight excluding hydrogens is 790 g/mol. The summed E-state index contributed by atoms with van der Waals surface area (Å²) in [5.41, 5.74) is 0.552. The number of ether oxygens (including phenoxy) is 2. The highest BCUT2D eigenvalue weighted by Gasteiger charge is 2.53. The molecule has 0 saturated heterocycles. The fourth-order valence-corrected chi connectivity index (χ4v) is 11.5. The first kappa shape index (κ1) is 44.2. The van der Waals surface area contributed by atoms with Gasteiger partial charge in [0, 0.05) is 30.1 Å². The molecule has 1 heterocycles. The number of sulfonamides is 1. The van der Waals surface area contributed by atoms with Gasteiger partial charge in [-0.1, -0.05) is 50.6 Å². The summed E-state index contributed by atoms with van der Waals surface area (Å²) in [6.07, 6.45) is 8.82. The van der Waals surface area contributed by atoms with E-state index < -0.39 is 41.5 Å². The van der Waals surface area contributed by atoms with E-state index in [2.05, 4.69) is 68.8 Å². The second-order valence-corrected chi connectivity index (χ2v) is 26.4. The van der Waals surface area contributed by atoms with Gasteiger partial charge in [-0.05, 0) is 144 Å². The number of carbonyl (C=O) groups is 2. The van der Waals surface area contributed by atoms with Crippen LogP contribution in [-0.2, 0) is 35.8 Å². The van der Waals surface area contributed by atoms with Crippen LogP contribution in [0.5, 0.6) is 5.75 Å². The second-order valence-electron chi connectivity index (χ2n) is 19.5. The minimum atomic E-state index is -4.40. The molecule has 2 aromatic carbocycles. The lowest BCUT2D eigenvalue weighted by molar-refractivity contribution is -0.137. The van der Waals surface area contributed by atoms with E-state index in [0.29, 0.717) is 55.4 Å². The predicted molar refractivity (Wildman–Crippen MR) is 234 cm³/mol. The first-order valence-electron chi connectivity index (χ1n) is 20.8. The van der Waals surface area contributed by atoms with Crippen molar-refractivity contribution in [2.24, 2.45) is 11.8 Å². The molecule has 1 N–H and O–H groups in total. The van der Waals surface area contributed by atoms with Crippen LogP contribution >= 0.6 is 11.6 Å². The largest absolute Gasteiger partial charge is 0.490 e. The molecule has 0 unspecified atom stereocenters. The molecule has 4 atom stereocenters. The quantitative estimate of drug-likeness (QED) is 0.166. The summed E-state index contributed by atoms with van der Waals surface area (Å²) in [5, 5.41) is 0.757. The van der Waals surface area contributed by atoms with Gasteiger partial charge in [-0.15, -0.1) is 13.2 Å². The molecule has 2 saturated carbocycles. The maximum Gasteiger partial charge on any atom is 0.411 e. The molecule has 0 bridgehead atoms. The van der Waals surface area contributed by atoms with Gasteiger partial charge >= 0.3 is 6.09 Å². The van der Waals surface area contributed by atoms with Gasteiger partial charge in [0.2, 0.25) is 0 Å². The van der Waals surface area contributed by atoms with E-state index in [-0.39, 0.29) is 39.8 Å². The maximum atomic E-state index is 14.3. The lowest BCUT2D eigenvalue weighted by atomic mass is 9.68. The highest BCUT2D eigenvalue weighted by Crippen LogP contribution is 2.48. The monoisotopic (exact) mass is 853 g/mol. The van der Waals surface area contributed by atoms with Crippen molar-refractivity contribution in [1.82, 2.24) is 9.62 Å². The van der Waals surface area contributed by atoms with Gasteiger partial charge < -0.3 is 18.8 Å². The number of hydrogen-bond acceptors (Lipinski definition) is 8. The number of anilines is 1. The van der Waals surface area contributed by atoms with Crippen LogP contribution in [0.3, 0.4) is 0 Å². The maximum absolute atomic E-state index is 14.3. The smallest absolute Gasteiger partial charge is 0.411 e. The molecule has 0 radical (unpaired) electrons. The van der Waals surface area contributed by atoms with Crippen molar-refractivity contribution in [3.8, 4) is 5.75 Å². The Morgan fingerprint density at radius 1 is 1.07 bits per heavy atom. The molecule has 1 spiro atoms. The average molecular weight is 855 g/mol. The van der Waals surface area contributed by atoms with Gasteiger partial charge in [0.15, 0.2) is 8.32 Å². The van der Waals surface area contributed by atoms with Crippen molar-refractivity contribution in [2.45, 2.75) is 139 Å². The topological polar surface area (TPSA) is 114 Å². The molecule has 10 nitrogen and oxygen atoms in total. The number of nitrogens with zero attached hydrogens (tertiary/aromatic N) is 2. The summed E-state index contributed by atoms with van der Waals surface area (Å²) >= 11 is 6.50. The Kier molecular flexibility index (Phi) is 12.4. The second kappa shape index (κ2) is 16.3. The summed E-state index contributed by atoms with van der Waals surface area (Å²) in [4.78, 5) is 31.1. The minimum Gasteiger partial charge on any atom is -0.490 e. The van der Waals surface area contributed by atoms with Crippen molar-refractivity contribution < 1.29 is 31.9 Å². The summed E-state index contributed by atoms with van der Waals surface area (Å²) < 4.78 is 50.2. The Hall–Kier alpha value is -3.32. The Morgan fingerprint density at radius 3 is 2.38 bits per heavy atom. The van der Waals surface area contributed by atoms with E-state index in [4.69, 9.17) is 25.5 Å². The number of carbonyl (C=O) groups excluding carboxylic acids is 2. The van der Waals surface area contributed by atoms with Gasteiger partial charge in [-0.2, -0.15) is 0 Å². The van der Waals surface area contributed by atoms with Gasteiger partial charge in [0.25, 0.3) is 15.9 Å². The van der Waals surface area contributed by atoms with Crippen molar-refractivity contribution in [3.05, 3.63) is 77.9 Å². The van der Waals surface area contributed by atoms with Crippen LogP contribution in [0.2, 0.25) is 23.2 Å². The fourth-order valence-electron chi connectivity index (χ4n) is 8.90. The zero-order valence-electron chi connectivity index (χ0n) is 35.8. The van der Waals surface area contributed by atoms with Crippen LogP contribution in [0, 0.1) is 11.8 Å². The van der Waals surface area contributed by atoms with E-state index in [9.17, 15) is 18.0 Å². The van der Waals surface area contributed by atoms with E-state index in [1.807, 2.05) is 12.1 Å². The van der Waals surface area contributed by atoms with Crippen LogP contribution in [0.15, 0.2) is 66.6 Å². The van der Waals surface area contributed by atoms with E-state index in [0.717, 1.165) is 32.1 Å². The number of benzene rings is 2. The van der Waals surface area contributed by atoms with Gasteiger partial charge in [-0.25, -0.2) is 17.9 Å². The number of fused-ring (bicyclic) bond motifs is 3. The van der Waals surface area contributed by atoms with Crippen LogP contribution in [-0.4, -0.2) is 77.1 Å². The van der Waals surface area contributed by atoms with Crippen molar-refractivity contribution in [1.29, 1.82) is 0 Å². The molecule has 318 valence electrons. The lowest BCUT2D eigenvalue weighted by Crippen LogP contribution is -2.65. The Bertz CT molecular complexity index is 2020. The molecule has 2 fully saturated rings. The highest BCUT2D eigenvalue weighted by molar-refractivity contribution is 7.90. The number of halogens is 1. The van der Waals surface area contributed by atoms with Crippen LogP contribution < -0.4 is 14.4 Å². The summed E-state index contributed by atoms with van der Waals surface area (Å²) in [5.74, 6) is 0.363. The number of aryl methyl sites for hydroxylation is 1. The highest BCUT2D eigenvalue weighted by atomic mass is 35.5. The summed E-state index contributed by atoms with van der Waals surface area (Å²) in [6.45, 7) is 26.3. The van der Waals surface area contributed by atoms with Crippen LogP contribution in [0.25, 0.3) is 0 Å². The van der Waals surface area contributed by atoms with Crippen molar-refractivity contribution >= 4 is 47.6 Å². The zero-order chi connectivity index (χ0) is 42.5. The molecule has 2 aromatic rings. The molecule has 1 aliphatic heterocycles. The van der Waals surface area contributed by atoms with E-state index >= 15 is 0 Å². The third-order valence-corrected chi connectivity index (χ3v) is 19.5. The average Bonchev–Trinajstić information content (AvgIpc) is 3.24. The SMILES string of the molecule is C=CCN(C(=O)OC(C)(C)C)C1(C(=O)NS(=O)(=O)c2ccc3c(c2)N(C[C@@H]2CC[C@H]2[C@H](C=C)O[Si](C)(C)C(C)(C)C)C[C@@]2(CCCc4cc(Cl)ccc42)CO3)CCC1. The molecule has 0 aromatic heterocycles. The molecule has 58 heavy (non-hydrogen) atoms. The normalized spacial score (nSPS) is 23.4. The summed E-state index contributed by atoms with van der Waals surface area (Å²) in [6, 6.07) is 11.0. The van der Waals surface area contributed by atoms with E-state index in [1.54, 1.807) is 32.9 Å². The van der Waals surface area contributed by atoms with Crippen LogP contribution in [0.1, 0.15) is 97.6 Å². The zero-order valence-corrected chi connectivity index (χ0v) is 38.4. The third-order valence-electron chi connectivity index (χ3n) is 13.4. The molecular formula is C45H64ClN3O7SSi. The first-order valence-corrected chi connectivity index (χ1v) is 25.6. The molecule has 6 rings (SSSR count). The first-order chi connectivity index (χ1) is 27.0. The number of hydrogen-bond donors (Lipinski definition) is 1. The fraction of sp³-hybridized carbons (Fsp3) is 0.600. The van der Waals surface area contributed by atoms with E-state index in [1.165, 1.54) is 28.2 Å². The number of rotatable bonds is 12. The Morgan fingerprint density at radius 2 is 1.79 bits per heavy atom. The Balaban J connectivity index is 1.34. The lowest BCUT2D eigenvalue weighted by Gasteiger charge is -2.48.